The highest BCUT2D eigenvalue weighted by atomic mass is 79.9. The van der Waals surface area contributed by atoms with E-state index in [9.17, 15) is 4.79 Å². The Bertz CT molecular complexity index is 900. The molecule has 1 heterocycles. The van der Waals surface area contributed by atoms with Gasteiger partial charge in [0.05, 0.1) is 11.9 Å². The molecule has 2 aromatic carbocycles. The van der Waals surface area contributed by atoms with E-state index in [4.69, 9.17) is 0 Å². The van der Waals surface area contributed by atoms with Gasteiger partial charge >= 0.3 is 6.03 Å². The van der Waals surface area contributed by atoms with Crippen LogP contribution in [0.4, 0.5) is 10.5 Å². The summed E-state index contributed by atoms with van der Waals surface area (Å²) >= 11 is 3.43. The predicted molar refractivity (Wildman–Crippen MR) is 104 cm³/mol. The predicted octanol–water partition coefficient (Wildman–Crippen LogP) is 4.70. The number of urea groups is 1. The molecular formula is C19H17BrN4O. The summed E-state index contributed by atoms with van der Waals surface area (Å²) in [6.45, 7) is 1.97. The molecule has 5 nitrogen and oxygen atoms in total. The third-order valence-corrected chi connectivity index (χ3v) is 4.05. The van der Waals surface area contributed by atoms with Gasteiger partial charge in [-0.1, -0.05) is 28.1 Å². The summed E-state index contributed by atoms with van der Waals surface area (Å²) in [4.78, 5) is 11.9. The molecule has 6 heteroatoms. The fourth-order valence-corrected chi connectivity index (χ4v) is 2.64. The van der Waals surface area contributed by atoms with Crippen LogP contribution >= 0.6 is 15.9 Å². The van der Waals surface area contributed by atoms with Crippen LogP contribution in [0.3, 0.4) is 0 Å². The average Bonchev–Trinajstić information content (AvgIpc) is 3.04. The van der Waals surface area contributed by atoms with Gasteiger partial charge in [-0.2, -0.15) is 5.10 Å². The molecular weight excluding hydrogens is 380 g/mol. The lowest BCUT2D eigenvalue weighted by Crippen LogP contribution is -2.24. The number of nitrogens with zero attached hydrogens (tertiary/aromatic N) is 2. The highest BCUT2D eigenvalue weighted by Crippen LogP contribution is 2.16. The maximum absolute atomic E-state index is 11.9. The van der Waals surface area contributed by atoms with Crippen molar-refractivity contribution in [3.63, 3.8) is 0 Å². The number of aromatic nitrogens is 1. The molecule has 25 heavy (non-hydrogen) atoms. The number of benzene rings is 2. The zero-order valence-electron chi connectivity index (χ0n) is 13.6. The Kier molecular flexibility index (Phi) is 5.30. The lowest BCUT2D eigenvalue weighted by atomic mass is 10.2. The highest BCUT2D eigenvalue weighted by molar-refractivity contribution is 9.10. The molecule has 1 aromatic heterocycles. The minimum atomic E-state index is -0.386. The van der Waals surface area contributed by atoms with Gasteiger partial charge in [-0.25, -0.2) is 10.2 Å². The van der Waals surface area contributed by atoms with Gasteiger partial charge in [0.1, 0.15) is 0 Å². The number of carbonyl (C=O) groups is 1. The third-order valence-electron chi connectivity index (χ3n) is 3.52. The average molecular weight is 397 g/mol. The minimum Gasteiger partial charge on any atom is -0.316 e. The number of hydrogen-bond acceptors (Lipinski definition) is 2. The first kappa shape index (κ1) is 17.0. The second-order valence-corrected chi connectivity index (χ2v) is 6.39. The van der Waals surface area contributed by atoms with E-state index in [0.717, 1.165) is 27.1 Å². The minimum absolute atomic E-state index is 0.386. The number of halogens is 1. The second kappa shape index (κ2) is 7.81. The van der Waals surface area contributed by atoms with Gasteiger partial charge < -0.3 is 9.88 Å². The first-order valence-corrected chi connectivity index (χ1v) is 8.51. The molecule has 0 radical (unpaired) electrons. The van der Waals surface area contributed by atoms with Crippen molar-refractivity contribution in [1.82, 2.24) is 9.99 Å². The van der Waals surface area contributed by atoms with Crippen molar-refractivity contribution >= 4 is 33.9 Å². The molecule has 0 unspecified atom stereocenters. The van der Waals surface area contributed by atoms with E-state index in [1.807, 2.05) is 78.4 Å². The molecule has 0 spiro atoms. The molecule has 2 N–H and O–H groups in total. The fraction of sp³-hybridized carbons (Fsp3) is 0.0526. The first-order valence-electron chi connectivity index (χ1n) is 7.72. The number of hydrogen-bond donors (Lipinski definition) is 2. The number of nitrogens with one attached hydrogen (secondary N) is 2. The molecule has 2 amide bonds. The fourth-order valence-electron chi connectivity index (χ4n) is 2.38. The van der Waals surface area contributed by atoms with Crippen molar-refractivity contribution in [2.45, 2.75) is 6.92 Å². The molecule has 3 rings (SSSR count). The zero-order valence-corrected chi connectivity index (χ0v) is 15.2. The van der Waals surface area contributed by atoms with E-state index in [1.165, 1.54) is 0 Å². The number of anilines is 1. The Hall–Kier alpha value is -2.86. The van der Waals surface area contributed by atoms with Crippen LogP contribution in [0.15, 0.2) is 76.4 Å². The van der Waals surface area contributed by atoms with Crippen LogP contribution in [0.25, 0.3) is 5.69 Å². The first-order chi connectivity index (χ1) is 12.1. The standard InChI is InChI=1S/C19H17BrN4O/c1-14-4-2-5-16(12-14)22-19(25)23-21-13-18-6-3-11-24(18)17-9-7-15(20)8-10-17/h2-13H,1H3,(H2,22,23,25)/b21-13+. The van der Waals surface area contributed by atoms with Crippen LogP contribution < -0.4 is 10.7 Å². The molecule has 0 bridgehead atoms. The van der Waals surface area contributed by atoms with Crippen LogP contribution in [0.5, 0.6) is 0 Å². The number of aryl methyl sites for hydroxylation is 1. The molecule has 0 aliphatic heterocycles. The molecule has 0 aliphatic rings. The normalized spacial score (nSPS) is 10.8. The summed E-state index contributed by atoms with van der Waals surface area (Å²) < 4.78 is 3.00. The third kappa shape index (κ3) is 4.58. The largest absolute Gasteiger partial charge is 0.339 e. The van der Waals surface area contributed by atoms with Crippen LogP contribution in [0.2, 0.25) is 0 Å². The Morgan fingerprint density at radius 3 is 2.68 bits per heavy atom. The number of hydrazone groups is 1. The summed E-state index contributed by atoms with van der Waals surface area (Å²) in [6, 6.07) is 19.0. The van der Waals surface area contributed by atoms with E-state index < -0.39 is 0 Å². The van der Waals surface area contributed by atoms with Gasteiger partial charge in [0.15, 0.2) is 0 Å². The van der Waals surface area contributed by atoms with Crippen molar-refractivity contribution in [3.8, 4) is 5.69 Å². The molecule has 3 aromatic rings. The van der Waals surface area contributed by atoms with Gasteiger partial charge in [-0.3, -0.25) is 0 Å². The van der Waals surface area contributed by atoms with Crippen LogP contribution in [0.1, 0.15) is 11.3 Å². The van der Waals surface area contributed by atoms with E-state index in [2.05, 4.69) is 31.8 Å². The van der Waals surface area contributed by atoms with E-state index >= 15 is 0 Å². The van der Waals surface area contributed by atoms with Crippen molar-refractivity contribution in [1.29, 1.82) is 0 Å². The smallest absolute Gasteiger partial charge is 0.316 e. The van der Waals surface area contributed by atoms with Gasteiger partial charge in [0.25, 0.3) is 0 Å². The summed E-state index contributed by atoms with van der Waals surface area (Å²) in [7, 11) is 0. The summed E-state index contributed by atoms with van der Waals surface area (Å²) in [6.07, 6.45) is 3.55. The van der Waals surface area contributed by atoms with Crippen LogP contribution in [0, 0.1) is 6.92 Å². The van der Waals surface area contributed by atoms with E-state index in [-0.39, 0.29) is 6.03 Å². The monoisotopic (exact) mass is 396 g/mol. The van der Waals surface area contributed by atoms with Crippen LogP contribution in [-0.2, 0) is 0 Å². The van der Waals surface area contributed by atoms with Gasteiger partial charge in [0.2, 0.25) is 0 Å². The van der Waals surface area contributed by atoms with Gasteiger partial charge in [-0.15, -0.1) is 0 Å². The Morgan fingerprint density at radius 2 is 1.92 bits per heavy atom. The lowest BCUT2D eigenvalue weighted by Gasteiger charge is -2.07. The SMILES string of the molecule is Cc1cccc(NC(=O)N/N=C/c2cccn2-c2ccc(Br)cc2)c1. The van der Waals surface area contributed by atoms with Gasteiger partial charge in [0, 0.05) is 22.0 Å². The van der Waals surface area contributed by atoms with E-state index in [1.54, 1.807) is 6.21 Å². The Balaban J connectivity index is 1.64. The molecule has 0 saturated carbocycles. The number of amides is 2. The lowest BCUT2D eigenvalue weighted by molar-refractivity contribution is 0.252. The van der Waals surface area contributed by atoms with E-state index in [0.29, 0.717) is 0 Å². The molecule has 126 valence electrons. The number of carbonyl (C=O) groups excluding carboxylic acids is 1. The van der Waals surface area contributed by atoms with Crippen LogP contribution in [-0.4, -0.2) is 16.8 Å². The van der Waals surface area contributed by atoms with Crippen molar-refractivity contribution in [2.24, 2.45) is 5.10 Å². The van der Waals surface area contributed by atoms with Crippen molar-refractivity contribution in [2.75, 3.05) is 5.32 Å². The maximum Gasteiger partial charge on any atom is 0.339 e. The summed E-state index contributed by atoms with van der Waals surface area (Å²) in [5, 5.41) is 6.76. The quantitative estimate of drug-likeness (QED) is 0.487. The molecule has 0 atom stereocenters. The maximum atomic E-state index is 11.9. The summed E-state index contributed by atoms with van der Waals surface area (Å²) in [5.41, 5.74) is 6.15. The Labute approximate surface area is 154 Å². The molecule has 0 saturated heterocycles. The van der Waals surface area contributed by atoms with Crippen molar-refractivity contribution in [3.05, 3.63) is 82.6 Å². The molecule has 0 fully saturated rings. The van der Waals surface area contributed by atoms with Crippen molar-refractivity contribution < 1.29 is 4.79 Å². The molecule has 0 aliphatic carbocycles. The number of rotatable bonds is 4. The van der Waals surface area contributed by atoms with Gasteiger partial charge in [-0.05, 0) is 61.0 Å². The highest BCUT2D eigenvalue weighted by Gasteiger charge is 2.02. The summed E-state index contributed by atoms with van der Waals surface area (Å²) in [5.74, 6) is 0. The topological polar surface area (TPSA) is 58.4 Å². The zero-order chi connectivity index (χ0) is 17.6. The second-order valence-electron chi connectivity index (χ2n) is 5.47. The Morgan fingerprint density at radius 1 is 1.12 bits per heavy atom.